The Bertz CT molecular complexity index is 1150. The number of aromatic nitrogens is 5. The van der Waals surface area contributed by atoms with Crippen LogP contribution >= 0.6 is 11.6 Å². The van der Waals surface area contributed by atoms with Gasteiger partial charge in [-0.15, -0.1) is 5.10 Å². The summed E-state index contributed by atoms with van der Waals surface area (Å²) in [7, 11) is 1.60. The zero-order valence-corrected chi connectivity index (χ0v) is 16.2. The lowest BCUT2D eigenvalue weighted by Crippen LogP contribution is -2.14. The average Bonchev–Trinajstić information content (AvgIpc) is 3.40. The molecular weight excluding hydrogens is 392 g/mol. The lowest BCUT2D eigenvalue weighted by atomic mass is 10.1. The monoisotopic (exact) mass is 408 g/mol. The number of carbonyl (C=O) groups is 1. The molecule has 9 heteroatoms. The first-order chi connectivity index (χ1) is 14.1. The summed E-state index contributed by atoms with van der Waals surface area (Å²) < 4.78 is 6.82. The van der Waals surface area contributed by atoms with E-state index in [1.807, 2.05) is 48.5 Å². The van der Waals surface area contributed by atoms with Crippen molar-refractivity contribution in [2.75, 3.05) is 12.4 Å². The molecule has 0 radical (unpaired) electrons. The fourth-order valence-electron chi connectivity index (χ4n) is 2.77. The number of ether oxygens (including phenoxy) is 1. The lowest BCUT2D eigenvalue weighted by molar-refractivity contribution is 0.102. The maximum atomic E-state index is 12.5. The summed E-state index contributed by atoms with van der Waals surface area (Å²) in [4.78, 5) is 16.6. The van der Waals surface area contributed by atoms with Gasteiger partial charge < -0.3 is 4.74 Å². The molecule has 0 spiro atoms. The van der Waals surface area contributed by atoms with E-state index in [0.29, 0.717) is 28.7 Å². The van der Waals surface area contributed by atoms with Gasteiger partial charge in [0.15, 0.2) is 0 Å². The van der Waals surface area contributed by atoms with Crippen molar-refractivity contribution < 1.29 is 9.53 Å². The van der Waals surface area contributed by atoms with E-state index in [4.69, 9.17) is 16.3 Å². The van der Waals surface area contributed by atoms with E-state index < -0.39 is 0 Å². The van der Waals surface area contributed by atoms with Gasteiger partial charge >= 0.3 is 0 Å². The molecule has 0 saturated heterocycles. The third kappa shape index (κ3) is 4.27. The molecular formula is C20H17ClN6O2. The number of aromatic amines is 1. The highest BCUT2D eigenvalue weighted by Crippen LogP contribution is 2.22. The molecule has 0 unspecified atom stereocenters. The van der Waals surface area contributed by atoms with Crippen molar-refractivity contribution in [2.45, 2.75) is 6.54 Å². The van der Waals surface area contributed by atoms with Crippen LogP contribution in [0.2, 0.25) is 5.02 Å². The predicted octanol–water partition coefficient (Wildman–Crippen LogP) is 3.63. The second-order valence-corrected chi connectivity index (χ2v) is 6.62. The molecule has 2 heterocycles. The van der Waals surface area contributed by atoms with Crippen LogP contribution in [0.3, 0.4) is 0 Å². The van der Waals surface area contributed by atoms with E-state index in [9.17, 15) is 4.79 Å². The van der Waals surface area contributed by atoms with E-state index in [2.05, 4.69) is 25.6 Å². The number of amides is 1. The molecule has 146 valence electrons. The molecule has 2 N–H and O–H groups in total. The normalized spacial score (nSPS) is 10.7. The number of rotatable bonds is 6. The first kappa shape index (κ1) is 18.7. The molecule has 1 amide bonds. The van der Waals surface area contributed by atoms with Gasteiger partial charge in [-0.05, 0) is 29.8 Å². The van der Waals surface area contributed by atoms with Gasteiger partial charge in [0, 0.05) is 10.6 Å². The fraction of sp³-hybridized carbons (Fsp3) is 0.100. The lowest BCUT2D eigenvalue weighted by Gasteiger charge is -2.03. The van der Waals surface area contributed by atoms with Crippen molar-refractivity contribution in [3.8, 4) is 17.0 Å². The standard InChI is InChI=1S/C20H17ClN6O2/c1-29-15-7-4-6-13(9-15)17-10-18(25-24-17)19(28)23-20-22-12-27(26-20)11-14-5-2-3-8-16(14)21/h2-10,12H,11H2,1H3,(H,24,25)(H,23,26,28). The summed E-state index contributed by atoms with van der Waals surface area (Å²) in [5.41, 5.74) is 2.67. The topological polar surface area (TPSA) is 97.7 Å². The first-order valence-corrected chi connectivity index (χ1v) is 9.14. The Morgan fingerprint density at radius 1 is 1.21 bits per heavy atom. The molecule has 0 bridgehead atoms. The van der Waals surface area contributed by atoms with Crippen LogP contribution < -0.4 is 10.1 Å². The summed E-state index contributed by atoms with van der Waals surface area (Å²) in [6, 6.07) is 16.6. The van der Waals surface area contributed by atoms with Crippen molar-refractivity contribution >= 4 is 23.5 Å². The van der Waals surface area contributed by atoms with Crippen molar-refractivity contribution in [3.05, 3.63) is 77.2 Å². The fourth-order valence-corrected chi connectivity index (χ4v) is 2.96. The number of hydrogen-bond acceptors (Lipinski definition) is 5. The zero-order valence-electron chi connectivity index (χ0n) is 15.5. The average molecular weight is 409 g/mol. The number of anilines is 1. The highest BCUT2D eigenvalue weighted by atomic mass is 35.5. The molecule has 4 aromatic rings. The van der Waals surface area contributed by atoms with Gasteiger partial charge in [-0.3, -0.25) is 15.2 Å². The number of benzene rings is 2. The van der Waals surface area contributed by atoms with E-state index >= 15 is 0 Å². The molecule has 0 aliphatic carbocycles. The molecule has 29 heavy (non-hydrogen) atoms. The molecule has 2 aromatic carbocycles. The third-order valence-electron chi connectivity index (χ3n) is 4.24. The number of halogens is 1. The highest BCUT2D eigenvalue weighted by Gasteiger charge is 2.14. The smallest absolute Gasteiger partial charge is 0.276 e. The molecule has 0 fully saturated rings. The largest absolute Gasteiger partial charge is 0.497 e. The summed E-state index contributed by atoms with van der Waals surface area (Å²) in [5, 5.41) is 14.5. The van der Waals surface area contributed by atoms with Crippen LogP contribution in [-0.4, -0.2) is 38.0 Å². The van der Waals surface area contributed by atoms with Crippen LogP contribution in [0.4, 0.5) is 5.95 Å². The maximum absolute atomic E-state index is 12.5. The second-order valence-electron chi connectivity index (χ2n) is 6.21. The van der Waals surface area contributed by atoms with Crippen molar-refractivity contribution in [1.82, 2.24) is 25.0 Å². The summed E-state index contributed by atoms with van der Waals surface area (Å²) in [5.74, 6) is 0.520. The van der Waals surface area contributed by atoms with Crippen molar-refractivity contribution in [2.24, 2.45) is 0 Å². The minimum Gasteiger partial charge on any atom is -0.497 e. The Hall–Kier alpha value is -3.65. The van der Waals surface area contributed by atoms with Gasteiger partial charge in [-0.1, -0.05) is 41.9 Å². The second kappa shape index (κ2) is 8.15. The Morgan fingerprint density at radius 3 is 2.90 bits per heavy atom. The van der Waals surface area contributed by atoms with E-state index in [0.717, 1.165) is 11.1 Å². The number of carbonyl (C=O) groups excluding carboxylic acids is 1. The summed E-state index contributed by atoms with van der Waals surface area (Å²) in [6.07, 6.45) is 1.54. The number of nitrogens with one attached hydrogen (secondary N) is 2. The van der Waals surface area contributed by atoms with Gasteiger partial charge in [0.25, 0.3) is 5.91 Å². The SMILES string of the molecule is COc1cccc(-c2cc(C(=O)Nc3ncn(Cc4ccccc4Cl)n3)[nH]n2)c1. The Labute approximate surface area is 171 Å². The van der Waals surface area contributed by atoms with E-state index in [1.54, 1.807) is 17.9 Å². The van der Waals surface area contributed by atoms with Gasteiger partial charge in [-0.2, -0.15) is 5.10 Å². The quantitative estimate of drug-likeness (QED) is 0.507. The van der Waals surface area contributed by atoms with Gasteiger partial charge in [0.2, 0.25) is 5.95 Å². The van der Waals surface area contributed by atoms with E-state index in [1.165, 1.54) is 6.33 Å². The van der Waals surface area contributed by atoms with Crippen LogP contribution in [-0.2, 0) is 6.54 Å². The highest BCUT2D eigenvalue weighted by molar-refractivity contribution is 6.31. The van der Waals surface area contributed by atoms with Crippen LogP contribution in [0, 0.1) is 0 Å². The van der Waals surface area contributed by atoms with Crippen LogP contribution in [0.5, 0.6) is 5.75 Å². The molecule has 0 aliphatic heterocycles. The number of nitrogens with zero attached hydrogens (tertiary/aromatic N) is 4. The Morgan fingerprint density at radius 2 is 2.07 bits per heavy atom. The summed E-state index contributed by atoms with van der Waals surface area (Å²) in [6.45, 7) is 0.451. The summed E-state index contributed by atoms with van der Waals surface area (Å²) >= 11 is 6.17. The van der Waals surface area contributed by atoms with Gasteiger partial charge in [0.05, 0.1) is 19.3 Å². The number of H-pyrrole nitrogens is 1. The Kier molecular flexibility index (Phi) is 5.26. The third-order valence-corrected chi connectivity index (χ3v) is 4.61. The minimum absolute atomic E-state index is 0.194. The molecule has 8 nitrogen and oxygen atoms in total. The molecule has 4 rings (SSSR count). The zero-order chi connectivity index (χ0) is 20.2. The predicted molar refractivity (Wildman–Crippen MR) is 109 cm³/mol. The van der Waals surface area contributed by atoms with Crippen LogP contribution in [0.15, 0.2) is 60.9 Å². The molecule has 0 saturated carbocycles. The van der Waals surface area contributed by atoms with Gasteiger partial charge in [0.1, 0.15) is 17.8 Å². The number of hydrogen-bond donors (Lipinski definition) is 2. The first-order valence-electron chi connectivity index (χ1n) is 8.76. The minimum atomic E-state index is -0.387. The van der Waals surface area contributed by atoms with E-state index in [-0.39, 0.29) is 11.9 Å². The molecule has 2 aromatic heterocycles. The van der Waals surface area contributed by atoms with Crippen LogP contribution in [0.1, 0.15) is 16.1 Å². The molecule has 0 aliphatic rings. The molecule has 0 atom stereocenters. The maximum Gasteiger partial charge on any atom is 0.276 e. The van der Waals surface area contributed by atoms with Gasteiger partial charge in [-0.25, -0.2) is 9.67 Å². The van der Waals surface area contributed by atoms with Crippen molar-refractivity contribution in [1.29, 1.82) is 0 Å². The van der Waals surface area contributed by atoms with Crippen molar-refractivity contribution in [3.63, 3.8) is 0 Å². The van der Waals surface area contributed by atoms with Crippen LogP contribution in [0.25, 0.3) is 11.3 Å². The number of methoxy groups -OCH3 is 1. The Balaban J connectivity index is 1.44.